The summed E-state index contributed by atoms with van der Waals surface area (Å²) in [7, 11) is 0. The quantitative estimate of drug-likeness (QED) is 0.732. The van der Waals surface area contributed by atoms with E-state index in [1.54, 1.807) is 12.1 Å². The van der Waals surface area contributed by atoms with Crippen molar-refractivity contribution in [1.29, 1.82) is 0 Å². The van der Waals surface area contributed by atoms with Gasteiger partial charge in [0.1, 0.15) is 0 Å². The minimum Gasteiger partial charge on any atom is -0.390 e. The summed E-state index contributed by atoms with van der Waals surface area (Å²) in [5.74, 6) is -1.63. The third kappa shape index (κ3) is 3.27. The van der Waals surface area contributed by atoms with Crippen molar-refractivity contribution in [1.82, 2.24) is 5.32 Å². The fraction of sp³-hybridized carbons (Fsp3) is 0.222. The Morgan fingerprint density at radius 3 is 2.71 bits per heavy atom. The number of rotatable bonds is 2. The SMILES string of the molecule is Cc1ccc(Cl)c(NC(=O)C(=O)NC2c3ccccc3CC2O)c1. The standard InChI is InChI=1S/C18H17ClN2O3/c1-10-6-7-13(19)14(8-10)20-17(23)18(24)21-16-12-5-3-2-4-11(12)9-15(16)22/h2-8,15-16,22H,9H2,1H3,(H,20,23)(H,21,24). The average Bonchev–Trinajstić information content (AvgIpc) is 2.86. The number of aliphatic hydroxyl groups is 1. The molecule has 3 rings (SSSR count). The zero-order valence-electron chi connectivity index (χ0n) is 13.0. The molecule has 0 fully saturated rings. The van der Waals surface area contributed by atoms with E-state index in [0.29, 0.717) is 17.1 Å². The molecule has 0 aliphatic heterocycles. The van der Waals surface area contributed by atoms with Crippen LogP contribution in [-0.2, 0) is 16.0 Å². The molecule has 1 aliphatic rings. The Balaban J connectivity index is 1.71. The van der Waals surface area contributed by atoms with Crippen LogP contribution in [0.3, 0.4) is 0 Å². The maximum atomic E-state index is 12.2. The van der Waals surface area contributed by atoms with Gasteiger partial charge in [0.05, 0.1) is 22.9 Å². The molecule has 0 aromatic heterocycles. The monoisotopic (exact) mass is 344 g/mol. The van der Waals surface area contributed by atoms with Crippen LogP contribution in [0.25, 0.3) is 0 Å². The first-order chi connectivity index (χ1) is 11.5. The van der Waals surface area contributed by atoms with Gasteiger partial charge in [0.15, 0.2) is 0 Å². The third-order valence-electron chi connectivity index (χ3n) is 4.07. The van der Waals surface area contributed by atoms with Crippen LogP contribution < -0.4 is 10.6 Å². The fourth-order valence-corrected chi connectivity index (χ4v) is 3.03. The topological polar surface area (TPSA) is 78.4 Å². The van der Waals surface area contributed by atoms with Crippen molar-refractivity contribution in [3.63, 3.8) is 0 Å². The van der Waals surface area contributed by atoms with E-state index in [1.165, 1.54) is 0 Å². The van der Waals surface area contributed by atoms with Crippen molar-refractivity contribution in [2.24, 2.45) is 0 Å². The molecule has 0 radical (unpaired) electrons. The van der Waals surface area contributed by atoms with Gasteiger partial charge < -0.3 is 15.7 Å². The molecular formula is C18H17ClN2O3. The summed E-state index contributed by atoms with van der Waals surface area (Å²) in [6.45, 7) is 1.86. The van der Waals surface area contributed by atoms with E-state index >= 15 is 0 Å². The maximum absolute atomic E-state index is 12.2. The van der Waals surface area contributed by atoms with E-state index < -0.39 is 24.0 Å². The van der Waals surface area contributed by atoms with Gasteiger partial charge in [-0.1, -0.05) is 41.9 Å². The zero-order chi connectivity index (χ0) is 17.3. The molecule has 5 nitrogen and oxygen atoms in total. The van der Waals surface area contributed by atoms with Crippen molar-refractivity contribution in [3.05, 3.63) is 64.2 Å². The number of benzene rings is 2. The lowest BCUT2D eigenvalue weighted by molar-refractivity contribution is -0.137. The molecular weight excluding hydrogens is 328 g/mol. The molecule has 2 atom stereocenters. The normalized spacial score (nSPS) is 18.8. The lowest BCUT2D eigenvalue weighted by Gasteiger charge is -2.17. The van der Waals surface area contributed by atoms with Crippen LogP contribution in [0.1, 0.15) is 22.7 Å². The molecule has 0 saturated carbocycles. The average molecular weight is 345 g/mol. The predicted molar refractivity (Wildman–Crippen MR) is 91.9 cm³/mol. The number of nitrogens with one attached hydrogen (secondary N) is 2. The number of aliphatic hydroxyl groups excluding tert-OH is 1. The molecule has 3 N–H and O–H groups in total. The predicted octanol–water partition coefficient (Wildman–Crippen LogP) is 2.36. The molecule has 2 aromatic carbocycles. The van der Waals surface area contributed by atoms with Crippen molar-refractivity contribution in [2.75, 3.05) is 5.32 Å². The van der Waals surface area contributed by atoms with Crippen molar-refractivity contribution in [2.45, 2.75) is 25.5 Å². The Labute approximate surface area is 144 Å². The van der Waals surface area contributed by atoms with Gasteiger partial charge in [-0.2, -0.15) is 0 Å². The number of carbonyl (C=O) groups is 2. The molecule has 124 valence electrons. The van der Waals surface area contributed by atoms with Crippen LogP contribution in [0.15, 0.2) is 42.5 Å². The smallest absolute Gasteiger partial charge is 0.313 e. The molecule has 0 saturated heterocycles. The summed E-state index contributed by atoms with van der Waals surface area (Å²) >= 11 is 6.02. The van der Waals surface area contributed by atoms with Crippen LogP contribution in [0, 0.1) is 6.92 Å². The van der Waals surface area contributed by atoms with E-state index in [1.807, 2.05) is 37.3 Å². The third-order valence-corrected chi connectivity index (χ3v) is 4.40. The van der Waals surface area contributed by atoms with Gasteiger partial charge in [-0.25, -0.2) is 0 Å². The molecule has 24 heavy (non-hydrogen) atoms. The van der Waals surface area contributed by atoms with Crippen LogP contribution >= 0.6 is 11.6 Å². The van der Waals surface area contributed by atoms with Crippen LogP contribution in [-0.4, -0.2) is 23.0 Å². The number of hydrogen-bond acceptors (Lipinski definition) is 3. The van der Waals surface area contributed by atoms with E-state index in [4.69, 9.17) is 11.6 Å². The minimum atomic E-state index is -0.820. The lowest BCUT2D eigenvalue weighted by atomic mass is 10.1. The summed E-state index contributed by atoms with van der Waals surface area (Å²) in [4.78, 5) is 24.3. The van der Waals surface area contributed by atoms with Crippen molar-refractivity contribution >= 4 is 29.1 Å². The molecule has 2 aromatic rings. The number of amides is 2. The van der Waals surface area contributed by atoms with Gasteiger partial charge in [-0.3, -0.25) is 9.59 Å². The Hall–Kier alpha value is -2.37. The Morgan fingerprint density at radius 2 is 1.92 bits per heavy atom. The van der Waals surface area contributed by atoms with Gasteiger partial charge in [-0.15, -0.1) is 0 Å². The molecule has 0 heterocycles. The van der Waals surface area contributed by atoms with Crippen molar-refractivity contribution < 1.29 is 14.7 Å². The van der Waals surface area contributed by atoms with Gasteiger partial charge in [0.2, 0.25) is 0 Å². The highest BCUT2D eigenvalue weighted by Gasteiger charge is 2.33. The van der Waals surface area contributed by atoms with Crippen LogP contribution in [0.5, 0.6) is 0 Å². The molecule has 0 bridgehead atoms. The summed E-state index contributed by atoms with van der Waals surface area (Å²) < 4.78 is 0. The van der Waals surface area contributed by atoms with E-state index in [0.717, 1.165) is 16.7 Å². The van der Waals surface area contributed by atoms with Crippen molar-refractivity contribution in [3.8, 4) is 0 Å². The molecule has 6 heteroatoms. The Morgan fingerprint density at radius 1 is 1.17 bits per heavy atom. The first-order valence-corrected chi connectivity index (χ1v) is 7.97. The van der Waals surface area contributed by atoms with Gasteiger partial charge in [0.25, 0.3) is 0 Å². The molecule has 2 unspecified atom stereocenters. The number of hydrogen-bond donors (Lipinski definition) is 3. The minimum absolute atomic E-state index is 0.355. The highest BCUT2D eigenvalue weighted by Crippen LogP contribution is 2.31. The number of aryl methyl sites for hydroxylation is 1. The summed E-state index contributed by atoms with van der Waals surface area (Å²) in [5.41, 5.74) is 3.09. The molecule has 2 amide bonds. The van der Waals surface area contributed by atoms with E-state index in [2.05, 4.69) is 10.6 Å². The first-order valence-electron chi connectivity index (χ1n) is 7.59. The lowest BCUT2D eigenvalue weighted by Crippen LogP contribution is -2.40. The summed E-state index contributed by atoms with van der Waals surface area (Å²) in [5, 5.41) is 15.6. The Kier molecular flexibility index (Phi) is 4.55. The number of anilines is 1. The highest BCUT2D eigenvalue weighted by molar-refractivity contribution is 6.41. The fourth-order valence-electron chi connectivity index (χ4n) is 2.87. The second-order valence-corrected chi connectivity index (χ2v) is 6.27. The van der Waals surface area contributed by atoms with Crippen LogP contribution in [0.2, 0.25) is 5.02 Å². The summed E-state index contributed by atoms with van der Waals surface area (Å²) in [6.07, 6.45) is -0.298. The largest absolute Gasteiger partial charge is 0.390 e. The number of fused-ring (bicyclic) bond motifs is 1. The molecule has 0 spiro atoms. The van der Waals surface area contributed by atoms with Crippen LogP contribution in [0.4, 0.5) is 5.69 Å². The second-order valence-electron chi connectivity index (χ2n) is 5.86. The first kappa shape index (κ1) is 16.5. The van der Waals surface area contributed by atoms with E-state index in [9.17, 15) is 14.7 Å². The number of carbonyl (C=O) groups excluding carboxylic acids is 2. The van der Waals surface area contributed by atoms with Gasteiger partial charge in [0, 0.05) is 6.42 Å². The van der Waals surface area contributed by atoms with Gasteiger partial charge >= 0.3 is 11.8 Å². The Bertz CT molecular complexity index is 807. The maximum Gasteiger partial charge on any atom is 0.313 e. The van der Waals surface area contributed by atoms with Gasteiger partial charge in [-0.05, 0) is 35.7 Å². The second kappa shape index (κ2) is 6.63. The van der Waals surface area contributed by atoms with E-state index in [-0.39, 0.29) is 0 Å². The zero-order valence-corrected chi connectivity index (χ0v) is 13.8. The highest BCUT2D eigenvalue weighted by atomic mass is 35.5. The molecule has 1 aliphatic carbocycles. The summed E-state index contributed by atoms with van der Waals surface area (Å²) in [6, 6.07) is 12.0. The number of halogens is 1.